The maximum absolute atomic E-state index is 12.4. The third kappa shape index (κ3) is 6.24. The molecule has 0 aliphatic carbocycles. The van der Waals surface area contributed by atoms with Gasteiger partial charge in [-0.2, -0.15) is 0 Å². The lowest BCUT2D eigenvalue weighted by atomic mass is 10.1. The van der Waals surface area contributed by atoms with Crippen molar-refractivity contribution in [2.24, 2.45) is 0 Å². The number of methoxy groups -OCH3 is 1. The molecule has 1 aromatic heterocycles. The molecule has 3 aromatic rings. The molecule has 3 rings (SSSR count). The molecule has 0 aliphatic rings. The zero-order valence-corrected chi connectivity index (χ0v) is 19.9. The van der Waals surface area contributed by atoms with Crippen molar-refractivity contribution in [1.29, 1.82) is 0 Å². The third-order valence-corrected chi connectivity index (χ3v) is 5.65. The number of carbonyl (C=O) groups excluding carboxylic acids is 1. The van der Waals surface area contributed by atoms with E-state index < -0.39 is 0 Å². The van der Waals surface area contributed by atoms with E-state index in [1.54, 1.807) is 7.11 Å². The van der Waals surface area contributed by atoms with Crippen molar-refractivity contribution in [1.82, 2.24) is 15.3 Å². The van der Waals surface area contributed by atoms with E-state index in [4.69, 9.17) is 14.7 Å². The summed E-state index contributed by atoms with van der Waals surface area (Å²) in [6.45, 7) is 5.79. The highest BCUT2D eigenvalue weighted by Gasteiger charge is 2.17. The van der Waals surface area contributed by atoms with Crippen LogP contribution >= 0.6 is 15.9 Å². The van der Waals surface area contributed by atoms with E-state index in [1.807, 2.05) is 55.5 Å². The average molecular weight is 485 g/mol. The number of benzene rings is 2. The van der Waals surface area contributed by atoms with Gasteiger partial charge in [-0.15, -0.1) is 0 Å². The number of amides is 1. The predicted octanol–water partition coefficient (Wildman–Crippen LogP) is 4.82. The highest BCUT2D eigenvalue weighted by molar-refractivity contribution is 9.10. The van der Waals surface area contributed by atoms with E-state index in [1.165, 1.54) is 0 Å². The Morgan fingerprint density at radius 1 is 1.16 bits per heavy atom. The normalized spacial score (nSPS) is 12.0. The highest BCUT2D eigenvalue weighted by atomic mass is 79.9. The second-order valence-corrected chi connectivity index (χ2v) is 8.42. The van der Waals surface area contributed by atoms with Crippen LogP contribution in [-0.4, -0.2) is 48.7 Å². The lowest BCUT2D eigenvalue weighted by Crippen LogP contribution is -2.36. The Morgan fingerprint density at radius 2 is 1.97 bits per heavy atom. The van der Waals surface area contributed by atoms with Gasteiger partial charge in [0.2, 0.25) is 5.91 Å². The summed E-state index contributed by atoms with van der Waals surface area (Å²) in [6.07, 6.45) is 1.30. The maximum Gasteiger partial charge on any atom is 0.221 e. The van der Waals surface area contributed by atoms with Gasteiger partial charge in [0.05, 0.1) is 12.1 Å². The van der Waals surface area contributed by atoms with Gasteiger partial charge in [-0.1, -0.05) is 47.1 Å². The number of aromatic nitrogens is 2. The van der Waals surface area contributed by atoms with Crippen molar-refractivity contribution in [2.75, 3.05) is 31.7 Å². The topological polar surface area (TPSA) is 67.4 Å². The molecule has 0 bridgehead atoms. The Labute approximate surface area is 192 Å². The van der Waals surface area contributed by atoms with Crippen LogP contribution in [0.4, 0.5) is 5.82 Å². The Balaban J connectivity index is 1.97. The molecule has 2 aromatic carbocycles. The first-order valence-corrected chi connectivity index (χ1v) is 11.4. The zero-order valence-electron chi connectivity index (χ0n) is 18.3. The molecule has 31 heavy (non-hydrogen) atoms. The number of nitrogens with zero attached hydrogens (tertiary/aromatic N) is 3. The average Bonchev–Trinajstić information content (AvgIpc) is 2.78. The van der Waals surface area contributed by atoms with Crippen LogP contribution in [0.25, 0.3) is 22.3 Å². The fourth-order valence-corrected chi connectivity index (χ4v) is 3.67. The van der Waals surface area contributed by atoms with Crippen LogP contribution in [0.3, 0.4) is 0 Å². The molecule has 6 nitrogen and oxygen atoms in total. The summed E-state index contributed by atoms with van der Waals surface area (Å²) in [7, 11) is 1.68. The summed E-state index contributed by atoms with van der Waals surface area (Å²) < 4.78 is 6.31. The SMILES string of the molecule is CC[C@H](C)NC(=O)CCN(CCOC)c1nc(-c2cccc(Br)c2)nc2ccccc12. The standard InChI is InChI=1S/C24H29BrN4O2/c1-4-17(2)26-22(30)12-13-29(14-15-31-3)24-20-10-5-6-11-21(20)27-23(28-24)18-8-7-9-19(25)16-18/h5-11,16-17H,4,12-15H2,1-3H3,(H,26,30)/t17-/m0/s1. The van der Waals surface area contributed by atoms with Crippen LogP contribution in [0.15, 0.2) is 53.0 Å². The van der Waals surface area contributed by atoms with Crippen LogP contribution in [0.1, 0.15) is 26.7 Å². The number of halogens is 1. The number of carbonyl (C=O) groups is 1. The van der Waals surface area contributed by atoms with Gasteiger partial charge in [0.25, 0.3) is 0 Å². The van der Waals surface area contributed by atoms with Gasteiger partial charge in [-0.05, 0) is 37.6 Å². The molecule has 164 valence electrons. The summed E-state index contributed by atoms with van der Waals surface area (Å²) in [5.74, 6) is 1.51. The van der Waals surface area contributed by atoms with Gasteiger partial charge in [0.1, 0.15) is 5.82 Å². The van der Waals surface area contributed by atoms with Crippen LogP contribution in [-0.2, 0) is 9.53 Å². The number of para-hydroxylation sites is 1. The maximum atomic E-state index is 12.4. The Kier molecular flexibility index (Phi) is 8.37. The smallest absolute Gasteiger partial charge is 0.221 e. The predicted molar refractivity (Wildman–Crippen MR) is 129 cm³/mol. The third-order valence-electron chi connectivity index (χ3n) is 5.16. The van der Waals surface area contributed by atoms with Crippen LogP contribution < -0.4 is 10.2 Å². The Bertz CT molecular complexity index is 1030. The zero-order chi connectivity index (χ0) is 22.2. The fourth-order valence-electron chi connectivity index (χ4n) is 3.27. The van der Waals surface area contributed by atoms with E-state index in [-0.39, 0.29) is 11.9 Å². The van der Waals surface area contributed by atoms with Gasteiger partial charge in [-0.3, -0.25) is 4.79 Å². The number of anilines is 1. The quantitative estimate of drug-likeness (QED) is 0.446. The second-order valence-electron chi connectivity index (χ2n) is 7.50. The minimum absolute atomic E-state index is 0.0438. The van der Waals surface area contributed by atoms with Crippen LogP contribution in [0, 0.1) is 0 Å². The highest BCUT2D eigenvalue weighted by Crippen LogP contribution is 2.28. The summed E-state index contributed by atoms with van der Waals surface area (Å²) in [5.41, 5.74) is 1.80. The summed E-state index contributed by atoms with van der Waals surface area (Å²) >= 11 is 3.53. The number of hydrogen-bond donors (Lipinski definition) is 1. The molecule has 0 saturated carbocycles. The summed E-state index contributed by atoms with van der Waals surface area (Å²) in [6, 6.07) is 16.1. The summed E-state index contributed by atoms with van der Waals surface area (Å²) in [4.78, 5) is 24.2. The largest absolute Gasteiger partial charge is 0.383 e. The van der Waals surface area contributed by atoms with Gasteiger partial charge in [-0.25, -0.2) is 9.97 Å². The molecule has 0 unspecified atom stereocenters. The Hall–Kier alpha value is -2.51. The number of fused-ring (bicyclic) bond motifs is 1. The number of nitrogens with one attached hydrogen (secondary N) is 1. The van der Waals surface area contributed by atoms with Gasteiger partial charge >= 0.3 is 0 Å². The monoisotopic (exact) mass is 484 g/mol. The van der Waals surface area contributed by atoms with E-state index in [0.29, 0.717) is 31.9 Å². The van der Waals surface area contributed by atoms with Crippen molar-refractivity contribution in [2.45, 2.75) is 32.7 Å². The van der Waals surface area contributed by atoms with Crippen molar-refractivity contribution in [3.8, 4) is 11.4 Å². The minimum Gasteiger partial charge on any atom is -0.383 e. The molecular formula is C24H29BrN4O2. The van der Waals surface area contributed by atoms with Crippen molar-refractivity contribution in [3.63, 3.8) is 0 Å². The number of rotatable bonds is 10. The van der Waals surface area contributed by atoms with Gasteiger partial charge in [0.15, 0.2) is 5.82 Å². The molecule has 7 heteroatoms. The lowest BCUT2D eigenvalue weighted by molar-refractivity contribution is -0.121. The van der Waals surface area contributed by atoms with E-state index in [0.717, 1.165) is 33.2 Å². The van der Waals surface area contributed by atoms with Crippen LogP contribution in [0.2, 0.25) is 0 Å². The number of hydrogen-bond acceptors (Lipinski definition) is 5. The lowest BCUT2D eigenvalue weighted by Gasteiger charge is -2.25. The molecular weight excluding hydrogens is 456 g/mol. The molecule has 1 amide bonds. The first-order valence-electron chi connectivity index (χ1n) is 10.6. The van der Waals surface area contributed by atoms with Gasteiger partial charge in [0, 0.05) is 48.1 Å². The van der Waals surface area contributed by atoms with E-state index in [9.17, 15) is 4.79 Å². The molecule has 0 radical (unpaired) electrons. The van der Waals surface area contributed by atoms with Crippen molar-refractivity contribution < 1.29 is 9.53 Å². The molecule has 0 saturated heterocycles. The van der Waals surface area contributed by atoms with Gasteiger partial charge < -0.3 is 15.0 Å². The fraction of sp³-hybridized carbons (Fsp3) is 0.375. The first kappa shape index (κ1) is 23.2. The van der Waals surface area contributed by atoms with Crippen molar-refractivity contribution >= 4 is 38.6 Å². The summed E-state index contributed by atoms with van der Waals surface area (Å²) in [5, 5.41) is 4.00. The molecule has 0 aliphatic heterocycles. The van der Waals surface area contributed by atoms with E-state index >= 15 is 0 Å². The molecule has 1 N–H and O–H groups in total. The Morgan fingerprint density at radius 3 is 2.71 bits per heavy atom. The molecule has 1 heterocycles. The second kappa shape index (κ2) is 11.2. The molecule has 0 spiro atoms. The van der Waals surface area contributed by atoms with Crippen molar-refractivity contribution in [3.05, 3.63) is 53.0 Å². The van der Waals surface area contributed by atoms with Crippen LogP contribution in [0.5, 0.6) is 0 Å². The first-order chi connectivity index (χ1) is 15.0. The van der Waals surface area contributed by atoms with E-state index in [2.05, 4.69) is 33.1 Å². The molecule has 0 fully saturated rings. The molecule has 1 atom stereocenters. The number of ether oxygens (including phenoxy) is 1. The minimum atomic E-state index is 0.0438.